The van der Waals surface area contributed by atoms with Crippen molar-refractivity contribution < 1.29 is 24.2 Å². The topological polar surface area (TPSA) is 84.9 Å². The van der Waals surface area contributed by atoms with Crippen LogP contribution < -0.4 is 10.1 Å². The van der Waals surface area contributed by atoms with Crippen molar-refractivity contribution in [3.05, 3.63) is 65.2 Å². The summed E-state index contributed by atoms with van der Waals surface area (Å²) in [6.45, 7) is 6.48. The summed E-state index contributed by atoms with van der Waals surface area (Å²) in [5.41, 5.74) is 3.31. The summed E-state index contributed by atoms with van der Waals surface area (Å²) in [6.07, 6.45) is 0.554. The lowest BCUT2D eigenvalue weighted by Crippen LogP contribution is -2.37. The summed E-state index contributed by atoms with van der Waals surface area (Å²) in [6, 6.07) is 15.4. The lowest BCUT2D eigenvalue weighted by Gasteiger charge is -2.16. The van der Waals surface area contributed by atoms with Gasteiger partial charge in [0.1, 0.15) is 5.75 Å². The number of hydrogen-bond donors (Lipinski definition) is 2. The number of aryl methyl sites for hydroxylation is 1. The van der Waals surface area contributed by atoms with Gasteiger partial charge in [-0.05, 0) is 55.5 Å². The standard InChI is InChI=1S/C24H31NO5/c1-4-18-6-8-19(9-7-18)14-15-25-23(26)17(3)30-21-12-10-20(11-13-21)16-22(24(27)28)29-5-2/h6-13,17,22H,4-5,14-16H2,1-3H3,(H,25,26)(H,27,28). The monoisotopic (exact) mass is 413 g/mol. The first-order valence-corrected chi connectivity index (χ1v) is 10.4. The number of hydrogen-bond acceptors (Lipinski definition) is 4. The molecule has 0 saturated carbocycles. The van der Waals surface area contributed by atoms with Gasteiger partial charge in [-0.3, -0.25) is 4.79 Å². The van der Waals surface area contributed by atoms with Gasteiger partial charge in [0.25, 0.3) is 5.91 Å². The Morgan fingerprint density at radius 2 is 1.57 bits per heavy atom. The molecular weight excluding hydrogens is 382 g/mol. The van der Waals surface area contributed by atoms with Crippen LogP contribution in [0.1, 0.15) is 37.5 Å². The maximum Gasteiger partial charge on any atom is 0.333 e. The minimum Gasteiger partial charge on any atom is -0.481 e. The van der Waals surface area contributed by atoms with Crippen LogP contribution in [0.5, 0.6) is 5.75 Å². The molecule has 2 aromatic carbocycles. The molecule has 0 heterocycles. The van der Waals surface area contributed by atoms with Gasteiger partial charge in [0.15, 0.2) is 12.2 Å². The van der Waals surface area contributed by atoms with E-state index in [1.807, 2.05) is 0 Å². The average molecular weight is 414 g/mol. The fourth-order valence-corrected chi connectivity index (χ4v) is 3.01. The molecule has 2 unspecified atom stereocenters. The van der Waals surface area contributed by atoms with E-state index < -0.39 is 18.2 Å². The number of amides is 1. The van der Waals surface area contributed by atoms with Crippen molar-refractivity contribution in [2.75, 3.05) is 13.2 Å². The van der Waals surface area contributed by atoms with Crippen molar-refractivity contribution in [1.29, 1.82) is 0 Å². The third kappa shape index (κ3) is 7.52. The lowest BCUT2D eigenvalue weighted by atomic mass is 10.1. The van der Waals surface area contributed by atoms with E-state index in [2.05, 4.69) is 36.5 Å². The molecule has 162 valence electrons. The Morgan fingerprint density at radius 3 is 2.13 bits per heavy atom. The highest BCUT2D eigenvalue weighted by Crippen LogP contribution is 2.16. The van der Waals surface area contributed by atoms with Crippen LogP contribution in [0.4, 0.5) is 0 Å². The van der Waals surface area contributed by atoms with Crippen molar-refractivity contribution in [1.82, 2.24) is 5.32 Å². The minimum absolute atomic E-state index is 0.174. The van der Waals surface area contributed by atoms with E-state index in [0.29, 0.717) is 18.9 Å². The molecule has 0 aliphatic heterocycles. The lowest BCUT2D eigenvalue weighted by molar-refractivity contribution is -0.150. The molecule has 2 rings (SSSR count). The van der Waals surface area contributed by atoms with E-state index in [-0.39, 0.29) is 12.3 Å². The van der Waals surface area contributed by atoms with Gasteiger partial charge >= 0.3 is 5.97 Å². The smallest absolute Gasteiger partial charge is 0.333 e. The fraction of sp³-hybridized carbons (Fsp3) is 0.417. The van der Waals surface area contributed by atoms with Crippen LogP contribution in [-0.4, -0.2) is 42.3 Å². The number of benzene rings is 2. The summed E-state index contributed by atoms with van der Waals surface area (Å²) in [4.78, 5) is 23.5. The van der Waals surface area contributed by atoms with Gasteiger partial charge in [0.05, 0.1) is 0 Å². The average Bonchev–Trinajstić information content (AvgIpc) is 2.75. The summed E-state index contributed by atoms with van der Waals surface area (Å²) in [7, 11) is 0. The molecule has 2 atom stereocenters. The van der Waals surface area contributed by atoms with Crippen LogP contribution in [0, 0.1) is 0 Å². The van der Waals surface area contributed by atoms with Gasteiger partial charge in [-0.15, -0.1) is 0 Å². The number of carbonyl (C=O) groups excluding carboxylic acids is 1. The van der Waals surface area contributed by atoms with E-state index >= 15 is 0 Å². The van der Waals surface area contributed by atoms with E-state index in [0.717, 1.165) is 18.4 Å². The van der Waals surface area contributed by atoms with Gasteiger partial charge in [0, 0.05) is 19.6 Å². The molecule has 0 aromatic heterocycles. The molecule has 30 heavy (non-hydrogen) atoms. The first kappa shape index (κ1) is 23.4. The molecule has 0 radical (unpaired) electrons. The largest absolute Gasteiger partial charge is 0.481 e. The zero-order valence-electron chi connectivity index (χ0n) is 17.9. The summed E-state index contributed by atoms with van der Waals surface area (Å²) >= 11 is 0. The highest BCUT2D eigenvalue weighted by atomic mass is 16.5. The number of rotatable bonds is 12. The molecule has 0 aliphatic rings. The number of carbonyl (C=O) groups is 2. The fourth-order valence-electron chi connectivity index (χ4n) is 3.01. The van der Waals surface area contributed by atoms with Crippen LogP contribution >= 0.6 is 0 Å². The zero-order chi connectivity index (χ0) is 21.9. The normalized spacial score (nSPS) is 12.8. The first-order valence-electron chi connectivity index (χ1n) is 10.4. The van der Waals surface area contributed by atoms with Crippen LogP contribution in [0.3, 0.4) is 0 Å². The predicted octanol–water partition coefficient (Wildman–Crippen LogP) is 3.41. The Bertz CT molecular complexity index is 801. The Morgan fingerprint density at radius 1 is 0.967 bits per heavy atom. The van der Waals surface area contributed by atoms with E-state index in [4.69, 9.17) is 9.47 Å². The Kier molecular flexibility index (Phi) is 9.35. The minimum atomic E-state index is -0.983. The molecule has 0 saturated heterocycles. The molecule has 2 N–H and O–H groups in total. The third-order valence-electron chi connectivity index (χ3n) is 4.81. The van der Waals surface area contributed by atoms with E-state index in [1.165, 1.54) is 11.1 Å². The Hall–Kier alpha value is -2.86. The summed E-state index contributed by atoms with van der Waals surface area (Å²) in [5, 5.41) is 12.1. The second kappa shape index (κ2) is 12.0. The van der Waals surface area contributed by atoms with Crippen LogP contribution in [0.15, 0.2) is 48.5 Å². The molecule has 6 heteroatoms. The molecule has 2 aromatic rings. The van der Waals surface area contributed by atoms with Gasteiger partial charge in [-0.2, -0.15) is 0 Å². The quantitative estimate of drug-likeness (QED) is 0.557. The van der Waals surface area contributed by atoms with Crippen molar-refractivity contribution >= 4 is 11.9 Å². The summed E-state index contributed by atoms with van der Waals surface area (Å²) in [5.74, 6) is -0.602. The van der Waals surface area contributed by atoms with Gasteiger partial charge in [-0.25, -0.2) is 4.79 Å². The van der Waals surface area contributed by atoms with Gasteiger partial charge < -0.3 is 19.9 Å². The maximum absolute atomic E-state index is 12.3. The Labute approximate surface area is 178 Å². The van der Waals surface area contributed by atoms with Crippen molar-refractivity contribution in [2.24, 2.45) is 0 Å². The zero-order valence-corrected chi connectivity index (χ0v) is 17.9. The number of aliphatic carboxylic acids is 1. The van der Waals surface area contributed by atoms with Crippen molar-refractivity contribution in [2.45, 2.75) is 52.2 Å². The molecule has 0 bridgehead atoms. The van der Waals surface area contributed by atoms with Crippen LogP contribution in [0.25, 0.3) is 0 Å². The second-order valence-electron chi connectivity index (χ2n) is 7.10. The van der Waals surface area contributed by atoms with Crippen LogP contribution in [0.2, 0.25) is 0 Å². The van der Waals surface area contributed by atoms with Gasteiger partial charge in [-0.1, -0.05) is 43.3 Å². The molecule has 6 nitrogen and oxygen atoms in total. The molecule has 0 spiro atoms. The molecule has 0 aliphatic carbocycles. The number of carboxylic acid groups (broad SMARTS) is 1. The number of carboxylic acids is 1. The SMILES string of the molecule is CCOC(Cc1ccc(OC(C)C(=O)NCCc2ccc(CC)cc2)cc1)C(=O)O. The van der Waals surface area contributed by atoms with Crippen molar-refractivity contribution in [3.8, 4) is 5.75 Å². The highest BCUT2D eigenvalue weighted by molar-refractivity contribution is 5.80. The van der Waals surface area contributed by atoms with Crippen LogP contribution in [-0.2, 0) is 33.6 Å². The first-order chi connectivity index (χ1) is 14.4. The maximum atomic E-state index is 12.3. The highest BCUT2D eigenvalue weighted by Gasteiger charge is 2.18. The third-order valence-corrected chi connectivity index (χ3v) is 4.81. The van der Waals surface area contributed by atoms with E-state index in [9.17, 15) is 14.7 Å². The second-order valence-corrected chi connectivity index (χ2v) is 7.10. The van der Waals surface area contributed by atoms with Gasteiger partial charge in [0.2, 0.25) is 0 Å². The Balaban J connectivity index is 1.79. The van der Waals surface area contributed by atoms with E-state index in [1.54, 1.807) is 38.1 Å². The van der Waals surface area contributed by atoms with Crippen molar-refractivity contribution in [3.63, 3.8) is 0 Å². The molecule has 0 fully saturated rings. The summed E-state index contributed by atoms with van der Waals surface area (Å²) < 4.78 is 10.9. The molecule has 1 amide bonds. The number of ether oxygens (including phenoxy) is 2. The predicted molar refractivity (Wildman–Crippen MR) is 116 cm³/mol. The number of nitrogens with one attached hydrogen (secondary N) is 1. The molecular formula is C24H31NO5.